The van der Waals surface area contributed by atoms with Crippen LogP contribution in [0.5, 0.6) is 0 Å². The molecule has 3 fully saturated rings. The second-order valence-electron chi connectivity index (χ2n) is 7.65. The maximum atomic E-state index is 11.9. The first kappa shape index (κ1) is 22.0. The summed E-state index contributed by atoms with van der Waals surface area (Å²) in [5, 5.41) is 3.29. The third-order valence-corrected chi connectivity index (χ3v) is 5.48. The molecule has 3 saturated carbocycles. The van der Waals surface area contributed by atoms with Gasteiger partial charge in [0.2, 0.25) is 6.41 Å². The minimum atomic E-state index is -0.537. The van der Waals surface area contributed by atoms with Gasteiger partial charge in [-0.2, -0.15) is 0 Å². The van der Waals surface area contributed by atoms with Gasteiger partial charge in [0.05, 0.1) is 0 Å². The van der Waals surface area contributed by atoms with Crippen LogP contribution in [0.3, 0.4) is 0 Å². The average Bonchev–Trinajstić information content (AvgIpc) is 2.65. The Morgan fingerprint density at radius 1 is 1.14 bits per heavy atom. The number of nitrogens with zero attached hydrogens (tertiary/aromatic N) is 1. The van der Waals surface area contributed by atoms with Crippen LogP contribution in [0, 0.1) is 11.6 Å². The van der Waals surface area contributed by atoms with Crippen LogP contribution in [-0.2, 0) is 4.79 Å². The molecule has 28 heavy (non-hydrogen) atoms. The smallest absolute Gasteiger partial charge is 0.210 e. The van der Waals surface area contributed by atoms with Crippen molar-refractivity contribution in [1.82, 2.24) is 10.2 Å². The van der Waals surface area contributed by atoms with Crippen molar-refractivity contribution in [3.05, 3.63) is 72.4 Å². The van der Waals surface area contributed by atoms with Crippen molar-refractivity contribution in [2.45, 2.75) is 36.8 Å². The Morgan fingerprint density at radius 3 is 2.04 bits per heavy atom. The third-order valence-electron chi connectivity index (χ3n) is 5.48. The third kappa shape index (κ3) is 5.36. The monoisotopic (exact) mass is 389 g/mol. The fourth-order valence-electron chi connectivity index (χ4n) is 3.93. The van der Waals surface area contributed by atoms with Gasteiger partial charge in [-0.25, -0.2) is 8.78 Å². The number of rotatable bonds is 4. The second kappa shape index (κ2) is 9.26. The summed E-state index contributed by atoms with van der Waals surface area (Å²) >= 11 is 0. The number of allylic oxidation sites excluding steroid dienone is 1. The zero-order valence-corrected chi connectivity index (χ0v) is 16.4. The van der Waals surface area contributed by atoms with E-state index >= 15 is 0 Å². The van der Waals surface area contributed by atoms with E-state index in [9.17, 15) is 13.6 Å². The second-order valence-corrected chi connectivity index (χ2v) is 7.65. The number of carbonyl (C=O) groups is 1. The van der Waals surface area contributed by atoms with E-state index in [2.05, 4.69) is 18.5 Å². The van der Waals surface area contributed by atoms with Gasteiger partial charge in [0.25, 0.3) is 0 Å². The van der Waals surface area contributed by atoms with Crippen LogP contribution in [0.25, 0.3) is 0 Å². The lowest BCUT2D eigenvalue weighted by Crippen LogP contribution is -2.81. The maximum absolute atomic E-state index is 11.9. The molecule has 1 aromatic rings. The Labute approximate surface area is 165 Å². The average molecular weight is 389 g/mol. The summed E-state index contributed by atoms with van der Waals surface area (Å²) in [6, 6.07) is 4.55. The summed E-state index contributed by atoms with van der Waals surface area (Å²) in [4.78, 5) is 12.2. The summed E-state index contributed by atoms with van der Waals surface area (Å²) in [5.41, 5.74) is 8.90. The van der Waals surface area contributed by atoms with Crippen LogP contribution < -0.4 is 11.1 Å². The first-order valence-corrected chi connectivity index (χ1v) is 9.34. The molecule has 0 aromatic heterocycles. The largest absolute Gasteiger partial charge is 0.341 e. The van der Waals surface area contributed by atoms with Gasteiger partial charge in [0.1, 0.15) is 11.6 Å². The lowest BCUT2D eigenvalue weighted by atomic mass is 9.45. The first-order valence-electron chi connectivity index (χ1n) is 9.34. The first-order chi connectivity index (χ1) is 13.3. The standard InChI is InChI=1S/C10H13NO.C6H4F2.C6H12N2/c1-3-9-5-6-11(8-12)7-10(9)4-2;7-5-2-1-3-6(8)4-5;1-8-6-2-5(7,3-6)4-6/h3-4,8H,1-2,5-7H2;1-4H;8H,2-4,7H2,1H3. The van der Waals surface area contributed by atoms with Crippen LogP contribution in [-0.4, -0.2) is 42.5 Å². The van der Waals surface area contributed by atoms with Crippen molar-refractivity contribution in [3.63, 3.8) is 0 Å². The van der Waals surface area contributed by atoms with E-state index in [0.29, 0.717) is 12.1 Å². The Morgan fingerprint density at radius 2 is 1.71 bits per heavy atom. The predicted molar refractivity (Wildman–Crippen MR) is 109 cm³/mol. The molecule has 0 unspecified atom stereocenters. The highest BCUT2D eigenvalue weighted by Gasteiger charge is 2.64. The Kier molecular flexibility index (Phi) is 7.27. The van der Waals surface area contributed by atoms with Gasteiger partial charge in [-0.3, -0.25) is 4.79 Å². The van der Waals surface area contributed by atoms with E-state index in [4.69, 9.17) is 5.73 Å². The van der Waals surface area contributed by atoms with Crippen molar-refractivity contribution in [1.29, 1.82) is 0 Å². The van der Waals surface area contributed by atoms with Crippen LogP contribution in [0.2, 0.25) is 0 Å². The van der Waals surface area contributed by atoms with Gasteiger partial charge in [-0.15, -0.1) is 0 Å². The molecule has 2 bridgehead atoms. The number of amides is 1. The normalized spacial score (nSPS) is 27.1. The molecule has 4 nitrogen and oxygen atoms in total. The number of nitrogens with two attached hydrogens (primary N) is 1. The van der Waals surface area contributed by atoms with Gasteiger partial charge >= 0.3 is 0 Å². The van der Waals surface area contributed by atoms with Crippen LogP contribution in [0.15, 0.2) is 60.7 Å². The molecule has 1 amide bonds. The van der Waals surface area contributed by atoms with Crippen LogP contribution in [0.1, 0.15) is 25.7 Å². The van der Waals surface area contributed by atoms with Gasteiger partial charge < -0.3 is 16.0 Å². The number of hydrogen-bond acceptors (Lipinski definition) is 3. The molecular formula is C22H29F2N3O. The highest BCUT2D eigenvalue weighted by atomic mass is 19.1. The van der Waals surface area contributed by atoms with E-state index in [1.54, 1.807) is 11.0 Å². The molecule has 1 aromatic carbocycles. The molecule has 4 aliphatic rings. The topological polar surface area (TPSA) is 58.4 Å². The lowest BCUT2D eigenvalue weighted by Gasteiger charge is -2.69. The van der Waals surface area contributed by atoms with Crippen LogP contribution >= 0.6 is 0 Å². The molecule has 0 saturated heterocycles. The van der Waals surface area contributed by atoms with Crippen LogP contribution in [0.4, 0.5) is 8.78 Å². The maximum Gasteiger partial charge on any atom is 0.210 e. The molecule has 5 rings (SSSR count). The van der Waals surface area contributed by atoms with Crippen molar-refractivity contribution in [3.8, 4) is 0 Å². The molecule has 6 heteroatoms. The Balaban J connectivity index is 0.000000155. The molecule has 152 valence electrons. The zero-order chi connectivity index (χ0) is 20.8. The fourth-order valence-corrected chi connectivity index (χ4v) is 3.93. The molecule has 1 aliphatic heterocycles. The molecule has 1 heterocycles. The Bertz CT molecular complexity index is 723. The number of halogens is 2. The van der Waals surface area contributed by atoms with E-state index in [-0.39, 0.29) is 5.54 Å². The summed E-state index contributed by atoms with van der Waals surface area (Å²) < 4.78 is 23.9. The van der Waals surface area contributed by atoms with Gasteiger partial charge in [-0.05, 0) is 56.0 Å². The van der Waals surface area contributed by atoms with Crippen molar-refractivity contribution in [2.75, 3.05) is 20.1 Å². The van der Waals surface area contributed by atoms with Gasteiger partial charge in [0, 0.05) is 30.2 Å². The molecule has 0 atom stereocenters. The number of hydrogen-bond donors (Lipinski definition) is 2. The van der Waals surface area contributed by atoms with Crippen molar-refractivity contribution >= 4 is 6.41 Å². The van der Waals surface area contributed by atoms with Crippen molar-refractivity contribution in [2.24, 2.45) is 5.73 Å². The molecule has 0 radical (unpaired) electrons. The highest BCUT2D eigenvalue weighted by Crippen LogP contribution is 2.58. The number of carbonyl (C=O) groups excluding carboxylic acids is 1. The van der Waals surface area contributed by atoms with Gasteiger partial charge in [0.15, 0.2) is 0 Å². The van der Waals surface area contributed by atoms with Crippen molar-refractivity contribution < 1.29 is 13.6 Å². The van der Waals surface area contributed by atoms with Gasteiger partial charge in [-0.1, -0.05) is 31.4 Å². The SMILES string of the molecule is C=CC1=C(C=C)CN(C=O)CC1.CNC12CC(N)(C1)C2.Fc1cccc(F)c1. The summed E-state index contributed by atoms with van der Waals surface area (Å²) in [5.74, 6) is -1.07. The molecule has 0 spiro atoms. The Hall–Kier alpha value is -2.31. The number of nitrogens with one attached hydrogen (secondary N) is 1. The highest BCUT2D eigenvalue weighted by molar-refractivity contribution is 5.50. The van der Waals surface area contributed by atoms with E-state index < -0.39 is 11.6 Å². The zero-order valence-electron chi connectivity index (χ0n) is 16.4. The lowest BCUT2D eigenvalue weighted by molar-refractivity contribution is -0.117. The molecule has 3 aliphatic carbocycles. The minimum Gasteiger partial charge on any atom is -0.341 e. The molecule has 3 N–H and O–H groups in total. The quantitative estimate of drug-likeness (QED) is 0.777. The summed E-state index contributed by atoms with van der Waals surface area (Å²) in [6.07, 6.45) is 9.03. The minimum absolute atomic E-state index is 0.267. The predicted octanol–water partition coefficient (Wildman–Crippen LogP) is 3.32. The van der Waals surface area contributed by atoms with E-state index in [0.717, 1.165) is 31.0 Å². The molecular weight excluding hydrogens is 360 g/mol. The van der Waals surface area contributed by atoms with E-state index in [1.807, 2.05) is 13.1 Å². The number of benzene rings is 1. The van der Waals surface area contributed by atoms with E-state index in [1.165, 1.54) is 43.0 Å². The summed E-state index contributed by atoms with van der Waals surface area (Å²) in [6.45, 7) is 8.89. The summed E-state index contributed by atoms with van der Waals surface area (Å²) in [7, 11) is 2.03. The fraction of sp³-hybridized carbons (Fsp3) is 0.409.